The summed E-state index contributed by atoms with van der Waals surface area (Å²) in [4.78, 5) is 32.7. The number of carbonyl (C=O) groups is 1. The van der Waals surface area contributed by atoms with Gasteiger partial charge in [-0.25, -0.2) is 15.0 Å². The second-order valence-corrected chi connectivity index (χ2v) is 8.62. The van der Waals surface area contributed by atoms with Crippen molar-refractivity contribution < 1.29 is 4.79 Å². The van der Waals surface area contributed by atoms with Crippen LogP contribution in [0.2, 0.25) is 0 Å². The third-order valence-corrected chi connectivity index (χ3v) is 6.25. The van der Waals surface area contributed by atoms with Crippen molar-refractivity contribution in [3.05, 3.63) is 40.7 Å². The van der Waals surface area contributed by atoms with Crippen LogP contribution in [0.1, 0.15) is 34.9 Å². The number of carbonyl (C=O) groups excluding carboxylic acids is 1. The summed E-state index contributed by atoms with van der Waals surface area (Å²) in [7, 11) is 0. The maximum atomic E-state index is 12.6. The Hall–Kier alpha value is -2.74. The summed E-state index contributed by atoms with van der Waals surface area (Å²) in [5.41, 5.74) is 0.963. The van der Waals surface area contributed by atoms with Crippen LogP contribution in [-0.4, -0.2) is 53.1 Å². The molecular weight excluding hydrogens is 384 g/mol. The summed E-state index contributed by atoms with van der Waals surface area (Å²) >= 11 is 1.45. The van der Waals surface area contributed by atoms with Crippen molar-refractivity contribution in [2.24, 2.45) is 0 Å². The quantitative estimate of drug-likeness (QED) is 0.712. The lowest BCUT2D eigenvalue weighted by Crippen LogP contribution is -2.47. The fourth-order valence-electron chi connectivity index (χ4n) is 3.68. The number of nitrogens with zero attached hydrogens (tertiary/aromatic N) is 5. The molecule has 7 nitrogen and oxygen atoms in total. The van der Waals surface area contributed by atoms with Crippen molar-refractivity contribution in [2.75, 3.05) is 36.0 Å². The first-order chi connectivity index (χ1) is 13.9. The minimum atomic E-state index is -0.0379. The Labute approximate surface area is 174 Å². The van der Waals surface area contributed by atoms with Gasteiger partial charge >= 0.3 is 0 Å². The maximum Gasteiger partial charge on any atom is 0.261 e. The Kier molecular flexibility index (Phi) is 5.36. The summed E-state index contributed by atoms with van der Waals surface area (Å²) in [5.74, 6) is 2.64. The lowest BCUT2D eigenvalue weighted by molar-refractivity contribution is 0.0947. The highest BCUT2D eigenvalue weighted by Crippen LogP contribution is 2.36. The highest BCUT2D eigenvalue weighted by atomic mass is 32.1. The molecule has 1 fully saturated rings. The molecule has 0 aliphatic carbocycles. The number of amides is 1. The molecule has 1 aliphatic rings. The van der Waals surface area contributed by atoms with Crippen LogP contribution in [0.4, 0.5) is 11.6 Å². The van der Waals surface area contributed by atoms with Crippen LogP contribution in [0, 0.1) is 13.8 Å². The Morgan fingerprint density at radius 1 is 1.10 bits per heavy atom. The SMILES string of the molecule is Cc1nc(N2CCN(c3ccccn3)CC2)c2c(C)c(C(=O)NC(C)C)sc2n1. The number of rotatable bonds is 4. The van der Waals surface area contributed by atoms with Crippen LogP contribution >= 0.6 is 11.3 Å². The van der Waals surface area contributed by atoms with Crippen molar-refractivity contribution in [3.63, 3.8) is 0 Å². The van der Waals surface area contributed by atoms with Gasteiger partial charge in [-0.3, -0.25) is 4.79 Å². The highest BCUT2D eigenvalue weighted by Gasteiger charge is 2.25. The molecule has 0 atom stereocenters. The number of anilines is 2. The van der Waals surface area contributed by atoms with Gasteiger partial charge in [0.25, 0.3) is 5.91 Å². The predicted molar refractivity (Wildman–Crippen MR) is 118 cm³/mol. The van der Waals surface area contributed by atoms with Crippen molar-refractivity contribution in [2.45, 2.75) is 33.7 Å². The van der Waals surface area contributed by atoms with Gasteiger partial charge < -0.3 is 15.1 Å². The first kappa shape index (κ1) is 19.6. The zero-order chi connectivity index (χ0) is 20.5. The van der Waals surface area contributed by atoms with Crippen LogP contribution < -0.4 is 15.1 Å². The summed E-state index contributed by atoms with van der Waals surface area (Å²) in [5, 5.41) is 4.00. The van der Waals surface area contributed by atoms with Crippen molar-refractivity contribution >= 4 is 39.1 Å². The number of fused-ring (bicyclic) bond motifs is 1. The van der Waals surface area contributed by atoms with Crippen LogP contribution in [0.25, 0.3) is 10.2 Å². The number of hydrogen-bond donors (Lipinski definition) is 1. The molecule has 0 bridgehead atoms. The second kappa shape index (κ2) is 7.94. The summed E-state index contributed by atoms with van der Waals surface area (Å²) < 4.78 is 0. The van der Waals surface area contributed by atoms with E-state index in [0.717, 1.165) is 64.3 Å². The van der Waals surface area contributed by atoms with E-state index >= 15 is 0 Å². The van der Waals surface area contributed by atoms with Crippen molar-refractivity contribution in [1.82, 2.24) is 20.3 Å². The van der Waals surface area contributed by atoms with Gasteiger partial charge in [0.2, 0.25) is 0 Å². The number of pyridine rings is 1. The van der Waals surface area contributed by atoms with Gasteiger partial charge in [0.05, 0.1) is 10.3 Å². The summed E-state index contributed by atoms with van der Waals surface area (Å²) in [6, 6.07) is 6.10. The first-order valence-corrected chi connectivity index (χ1v) is 10.7. The first-order valence-electron chi connectivity index (χ1n) is 9.93. The lowest BCUT2D eigenvalue weighted by atomic mass is 10.1. The molecule has 3 aromatic rings. The van der Waals surface area contributed by atoms with Gasteiger partial charge in [0.15, 0.2) is 0 Å². The van der Waals surface area contributed by atoms with E-state index in [4.69, 9.17) is 4.98 Å². The van der Waals surface area contributed by atoms with Gasteiger partial charge in [-0.2, -0.15) is 0 Å². The molecule has 1 N–H and O–H groups in total. The van der Waals surface area contributed by atoms with E-state index < -0.39 is 0 Å². The minimum Gasteiger partial charge on any atom is -0.353 e. The largest absolute Gasteiger partial charge is 0.353 e. The van der Waals surface area contributed by atoms with Crippen LogP contribution in [0.15, 0.2) is 24.4 Å². The van der Waals surface area contributed by atoms with E-state index in [1.807, 2.05) is 52.1 Å². The van der Waals surface area contributed by atoms with Gasteiger partial charge in [0, 0.05) is 38.4 Å². The number of thiophene rings is 1. The van der Waals surface area contributed by atoms with E-state index in [1.165, 1.54) is 11.3 Å². The monoisotopic (exact) mass is 410 g/mol. The number of hydrogen-bond acceptors (Lipinski definition) is 7. The molecule has 1 saturated heterocycles. The van der Waals surface area contributed by atoms with Crippen LogP contribution in [0.5, 0.6) is 0 Å². The molecule has 1 aliphatic heterocycles. The Balaban J connectivity index is 1.64. The fraction of sp³-hybridized carbons (Fsp3) is 0.429. The standard InChI is InChI=1S/C21H26N6OS/c1-13(2)23-20(28)18-14(3)17-19(24-15(4)25-21(17)29-18)27-11-9-26(10-12-27)16-7-5-6-8-22-16/h5-8,13H,9-12H2,1-4H3,(H,23,28). The summed E-state index contributed by atoms with van der Waals surface area (Å²) in [6.45, 7) is 11.3. The smallest absolute Gasteiger partial charge is 0.261 e. The topological polar surface area (TPSA) is 74.2 Å². The maximum absolute atomic E-state index is 12.6. The summed E-state index contributed by atoms with van der Waals surface area (Å²) in [6.07, 6.45) is 1.83. The third kappa shape index (κ3) is 3.89. The predicted octanol–water partition coefficient (Wildman–Crippen LogP) is 3.17. The molecule has 0 radical (unpaired) electrons. The minimum absolute atomic E-state index is 0.0379. The Morgan fingerprint density at radius 2 is 1.83 bits per heavy atom. The number of aromatic nitrogens is 3. The van der Waals surface area contributed by atoms with Crippen molar-refractivity contribution in [1.29, 1.82) is 0 Å². The Morgan fingerprint density at radius 3 is 2.48 bits per heavy atom. The molecular formula is C21H26N6OS. The highest BCUT2D eigenvalue weighted by molar-refractivity contribution is 7.20. The zero-order valence-corrected chi connectivity index (χ0v) is 18.1. The molecule has 0 saturated carbocycles. The molecule has 0 aromatic carbocycles. The van der Waals surface area contributed by atoms with E-state index in [2.05, 4.69) is 25.1 Å². The van der Waals surface area contributed by atoms with Crippen molar-refractivity contribution in [3.8, 4) is 0 Å². The normalized spacial score (nSPS) is 14.7. The molecule has 3 aromatic heterocycles. The number of nitrogens with one attached hydrogen (secondary N) is 1. The fourth-order valence-corrected chi connectivity index (χ4v) is 4.81. The number of aryl methyl sites for hydroxylation is 2. The lowest BCUT2D eigenvalue weighted by Gasteiger charge is -2.36. The zero-order valence-electron chi connectivity index (χ0n) is 17.3. The van der Waals surface area contributed by atoms with E-state index in [1.54, 1.807) is 0 Å². The van der Waals surface area contributed by atoms with E-state index in [-0.39, 0.29) is 11.9 Å². The molecule has 1 amide bonds. The van der Waals surface area contributed by atoms with E-state index in [9.17, 15) is 4.79 Å². The molecule has 4 heterocycles. The number of piperazine rings is 1. The molecule has 0 spiro atoms. The van der Waals surface area contributed by atoms with Gasteiger partial charge in [-0.15, -0.1) is 11.3 Å². The van der Waals surface area contributed by atoms with Crippen LogP contribution in [0.3, 0.4) is 0 Å². The Bertz CT molecular complexity index is 1020. The third-order valence-electron chi connectivity index (χ3n) is 5.06. The average Bonchev–Trinajstić information content (AvgIpc) is 3.04. The van der Waals surface area contributed by atoms with Gasteiger partial charge in [-0.05, 0) is 45.4 Å². The average molecular weight is 411 g/mol. The molecule has 0 unspecified atom stereocenters. The van der Waals surface area contributed by atoms with E-state index in [0.29, 0.717) is 0 Å². The van der Waals surface area contributed by atoms with Crippen LogP contribution in [-0.2, 0) is 0 Å². The van der Waals surface area contributed by atoms with Gasteiger partial charge in [-0.1, -0.05) is 6.07 Å². The molecule has 152 valence electrons. The second-order valence-electron chi connectivity index (χ2n) is 7.62. The van der Waals surface area contributed by atoms with Gasteiger partial charge in [0.1, 0.15) is 22.3 Å². The molecule has 4 rings (SSSR count). The molecule has 8 heteroatoms. The molecule has 29 heavy (non-hydrogen) atoms.